The van der Waals surface area contributed by atoms with Gasteiger partial charge in [0.15, 0.2) is 0 Å². The van der Waals surface area contributed by atoms with Gasteiger partial charge in [0, 0.05) is 29.7 Å². The Kier molecular flexibility index (Phi) is 7.25. The topological polar surface area (TPSA) is 75.5 Å². The highest BCUT2D eigenvalue weighted by Gasteiger charge is 2.39. The van der Waals surface area contributed by atoms with Gasteiger partial charge in [-0.1, -0.05) is 93.7 Å². The lowest BCUT2D eigenvalue weighted by atomic mass is 9.63. The molecule has 0 aromatic carbocycles. The Morgan fingerprint density at radius 3 is 2.51 bits per heavy atom. The van der Waals surface area contributed by atoms with Gasteiger partial charge in [0.25, 0.3) is 0 Å². The van der Waals surface area contributed by atoms with Crippen molar-refractivity contribution in [2.75, 3.05) is 0 Å². The molecule has 6 aliphatic rings. The van der Waals surface area contributed by atoms with E-state index in [1.807, 2.05) is 6.07 Å². The van der Waals surface area contributed by atoms with Crippen LogP contribution in [0.25, 0.3) is 5.57 Å². The maximum Gasteiger partial charge on any atom is 0.217 e. The predicted octanol–water partition coefficient (Wildman–Crippen LogP) is 8.04. The summed E-state index contributed by atoms with van der Waals surface area (Å²) in [4.78, 5) is 9.89. The summed E-state index contributed by atoms with van der Waals surface area (Å²) < 4.78 is 6.46. The third kappa shape index (κ3) is 5.12. The first-order chi connectivity index (χ1) is 20.8. The Morgan fingerprint density at radius 1 is 0.907 bits per heavy atom. The Bertz CT molecular complexity index is 1570. The van der Waals surface area contributed by atoms with Gasteiger partial charge in [-0.3, -0.25) is 0 Å². The Labute approximate surface area is 255 Å². The maximum absolute atomic E-state index is 10.9. The number of ether oxygens (including phenoxy) is 1. The van der Waals surface area contributed by atoms with Crippen LogP contribution in [-0.2, 0) is 0 Å². The third-order valence-electron chi connectivity index (χ3n) is 10.4. The quantitative estimate of drug-likeness (QED) is 0.360. The van der Waals surface area contributed by atoms with Crippen LogP contribution < -0.4 is 4.74 Å². The fourth-order valence-electron chi connectivity index (χ4n) is 7.44. The minimum Gasteiger partial charge on any atom is -0.511 e. The van der Waals surface area contributed by atoms with Gasteiger partial charge in [0.05, 0.1) is 11.8 Å². The number of nitrogens with zero attached hydrogens (tertiary/aromatic N) is 2. The molecule has 1 aromatic heterocycles. The first-order valence-corrected chi connectivity index (χ1v) is 16.0. The number of hydrogen-bond acceptors (Lipinski definition) is 5. The molecule has 6 aliphatic carbocycles. The van der Waals surface area contributed by atoms with Crippen molar-refractivity contribution in [2.45, 2.75) is 71.0 Å². The van der Waals surface area contributed by atoms with E-state index in [0.29, 0.717) is 17.6 Å². The molecule has 0 radical (unpaired) electrons. The highest BCUT2D eigenvalue weighted by atomic mass is 16.5. The molecule has 222 valence electrons. The van der Waals surface area contributed by atoms with Gasteiger partial charge in [-0.15, -0.1) is 0 Å². The molecule has 0 aliphatic heterocycles. The SMILES string of the molecule is CCC(C)(C)C1=CC2C3=C(C=C(c4cc(OC5CCCC5)nc(C5C(O)=CC=CC5O)n4)C2C=C1)C1C=CC=CC1C=C3. The molecule has 43 heavy (non-hydrogen) atoms. The Hall–Kier alpha value is -3.70. The van der Waals surface area contributed by atoms with Gasteiger partial charge >= 0.3 is 0 Å². The lowest BCUT2D eigenvalue weighted by Gasteiger charge is -2.41. The monoisotopic (exact) mass is 574 g/mol. The second kappa shape index (κ2) is 11.1. The van der Waals surface area contributed by atoms with Crippen LogP contribution in [-0.4, -0.2) is 32.4 Å². The van der Waals surface area contributed by atoms with Crippen molar-refractivity contribution in [1.82, 2.24) is 9.97 Å². The van der Waals surface area contributed by atoms with Crippen molar-refractivity contribution in [3.8, 4) is 5.88 Å². The molecule has 5 heteroatoms. The number of aromatic nitrogens is 2. The van der Waals surface area contributed by atoms with E-state index in [-0.39, 0.29) is 35.0 Å². The van der Waals surface area contributed by atoms with Gasteiger partial charge in [-0.05, 0) is 65.9 Å². The second-order valence-corrected chi connectivity index (χ2v) is 13.4. The van der Waals surface area contributed by atoms with Gasteiger partial charge in [-0.2, -0.15) is 4.98 Å². The van der Waals surface area contributed by atoms with Crippen molar-refractivity contribution < 1.29 is 14.9 Å². The van der Waals surface area contributed by atoms with Crippen LogP contribution in [0.1, 0.15) is 70.3 Å². The van der Waals surface area contributed by atoms with Crippen LogP contribution in [0.2, 0.25) is 0 Å². The molecule has 1 heterocycles. The molecular formula is C38H42N2O3. The van der Waals surface area contributed by atoms with Crippen molar-refractivity contribution >= 4 is 5.57 Å². The van der Waals surface area contributed by atoms with Crippen LogP contribution in [0.3, 0.4) is 0 Å². The van der Waals surface area contributed by atoms with Crippen LogP contribution in [0.15, 0.2) is 108 Å². The summed E-state index contributed by atoms with van der Waals surface area (Å²) >= 11 is 0. The summed E-state index contributed by atoms with van der Waals surface area (Å²) in [6.45, 7) is 6.91. The van der Waals surface area contributed by atoms with E-state index in [2.05, 4.69) is 81.5 Å². The van der Waals surface area contributed by atoms with E-state index < -0.39 is 12.0 Å². The molecule has 1 fully saturated rings. The molecule has 0 spiro atoms. The van der Waals surface area contributed by atoms with Gasteiger partial charge in [-0.25, -0.2) is 4.98 Å². The number of allylic oxidation sites excluding steroid dienone is 16. The van der Waals surface area contributed by atoms with E-state index in [1.54, 1.807) is 18.2 Å². The highest BCUT2D eigenvalue weighted by Crippen LogP contribution is 2.51. The summed E-state index contributed by atoms with van der Waals surface area (Å²) in [7, 11) is 0. The zero-order valence-electron chi connectivity index (χ0n) is 25.4. The molecular weight excluding hydrogens is 532 g/mol. The van der Waals surface area contributed by atoms with Crippen molar-refractivity contribution in [3.63, 3.8) is 0 Å². The minimum atomic E-state index is -0.915. The molecule has 2 N–H and O–H groups in total. The van der Waals surface area contributed by atoms with E-state index in [1.165, 1.54) is 16.7 Å². The zero-order valence-corrected chi connectivity index (χ0v) is 25.4. The first kappa shape index (κ1) is 28.1. The predicted molar refractivity (Wildman–Crippen MR) is 171 cm³/mol. The molecule has 1 saturated carbocycles. The standard InChI is InChI=1S/C38H42N2O3/c1-4-38(2,3)24-17-19-28-29(20-24)27-18-16-23-10-5-8-13-26(23)30(27)21-31(28)32-22-35(43-25-11-6-7-12-25)40-37(39-32)36-33(41)14-9-15-34(36)42/h5,8-10,13-23,25-26,28-29,33,36,41-42H,4,6-7,11-12H2,1-3H3. The van der Waals surface area contributed by atoms with Crippen LogP contribution in [0, 0.1) is 29.1 Å². The second-order valence-electron chi connectivity index (χ2n) is 13.4. The molecule has 0 amide bonds. The van der Waals surface area contributed by atoms with Crippen molar-refractivity contribution in [3.05, 3.63) is 119 Å². The molecule has 0 saturated heterocycles. The Morgan fingerprint density at radius 2 is 1.72 bits per heavy atom. The highest BCUT2D eigenvalue weighted by molar-refractivity contribution is 5.76. The number of aliphatic hydroxyl groups is 2. The van der Waals surface area contributed by atoms with E-state index in [9.17, 15) is 10.2 Å². The summed E-state index contributed by atoms with van der Waals surface area (Å²) in [5.74, 6) is 1.12. The lowest BCUT2D eigenvalue weighted by Crippen LogP contribution is -2.30. The smallest absolute Gasteiger partial charge is 0.217 e. The molecule has 6 unspecified atom stereocenters. The summed E-state index contributed by atoms with van der Waals surface area (Å²) in [6, 6.07) is 1.98. The van der Waals surface area contributed by atoms with Gasteiger partial charge < -0.3 is 14.9 Å². The van der Waals surface area contributed by atoms with Gasteiger partial charge in [0.2, 0.25) is 5.88 Å². The zero-order chi connectivity index (χ0) is 29.7. The molecule has 0 bridgehead atoms. The summed E-state index contributed by atoms with van der Waals surface area (Å²) in [5, 5.41) is 21.7. The fourth-order valence-corrected chi connectivity index (χ4v) is 7.44. The number of fused-ring (bicyclic) bond motifs is 4. The number of aliphatic hydroxyl groups excluding tert-OH is 2. The third-order valence-corrected chi connectivity index (χ3v) is 10.4. The maximum atomic E-state index is 10.9. The van der Waals surface area contributed by atoms with Crippen LogP contribution in [0.4, 0.5) is 0 Å². The van der Waals surface area contributed by atoms with E-state index in [0.717, 1.165) is 43.4 Å². The molecule has 7 rings (SSSR count). The van der Waals surface area contributed by atoms with Crippen LogP contribution in [0.5, 0.6) is 5.88 Å². The van der Waals surface area contributed by atoms with E-state index >= 15 is 0 Å². The summed E-state index contributed by atoms with van der Waals surface area (Å²) in [5.41, 5.74) is 6.11. The average molecular weight is 575 g/mol. The lowest BCUT2D eigenvalue weighted by molar-refractivity contribution is 0.168. The van der Waals surface area contributed by atoms with Crippen molar-refractivity contribution in [1.29, 1.82) is 0 Å². The Balaban J connectivity index is 1.38. The molecule has 6 atom stereocenters. The largest absolute Gasteiger partial charge is 0.511 e. The molecule has 1 aromatic rings. The summed E-state index contributed by atoms with van der Waals surface area (Å²) in [6.07, 6.45) is 32.7. The average Bonchev–Trinajstić information content (AvgIpc) is 3.53. The van der Waals surface area contributed by atoms with Crippen LogP contribution >= 0.6 is 0 Å². The first-order valence-electron chi connectivity index (χ1n) is 16.0. The van der Waals surface area contributed by atoms with Crippen molar-refractivity contribution in [2.24, 2.45) is 29.1 Å². The number of hydrogen-bond donors (Lipinski definition) is 2. The van der Waals surface area contributed by atoms with E-state index in [4.69, 9.17) is 14.7 Å². The molecule has 5 nitrogen and oxygen atoms in total. The normalized spacial score (nSPS) is 31.3. The minimum absolute atomic E-state index is 0.0609. The number of rotatable bonds is 6. The van der Waals surface area contributed by atoms with Gasteiger partial charge in [0.1, 0.15) is 23.6 Å². The fraction of sp³-hybridized carbons (Fsp3) is 0.421.